The molecular formula is C32H22Cl2N8Ti-2. The fourth-order valence-corrected chi connectivity index (χ4v) is 5.86. The molecule has 8 nitrogen and oxygen atoms in total. The van der Waals surface area contributed by atoms with Gasteiger partial charge in [-0.15, -0.1) is 0 Å². The monoisotopic (exact) mass is 636 g/mol. The summed E-state index contributed by atoms with van der Waals surface area (Å²) in [6.07, 6.45) is 0. The Balaban J connectivity index is 0.000000892. The van der Waals surface area contributed by atoms with Gasteiger partial charge in [-0.1, -0.05) is 97.1 Å². The molecule has 4 aromatic heterocycles. The number of hydrogen-bond acceptors (Lipinski definition) is 4. The van der Waals surface area contributed by atoms with E-state index in [1.54, 1.807) is 0 Å². The zero-order valence-electron chi connectivity index (χ0n) is 22.4. The minimum Gasteiger partial charge on any atom is -0.400 e. The van der Waals surface area contributed by atoms with E-state index in [0.29, 0.717) is 0 Å². The van der Waals surface area contributed by atoms with Crippen LogP contribution in [0.25, 0.3) is 43.1 Å². The Morgan fingerprint density at radius 1 is 0.372 bits per heavy atom. The van der Waals surface area contributed by atoms with Gasteiger partial charge in [0.15, 0.2) is 0 Å². The molecule has 0 unspecified atom stereocenters. The maximum absolute atomic E-state index is 5.04. The average Bonchev–Trinajstić information content (AvgIpc) is 3.77. The summed E-state index contributed by atoms with van der Waals surface area (Å²) in [7, 11) is 9.78. The first-order valence-corrected chi connectivity index (χ1v) is 17.9. The standard InChI is InChI=1S/C32H22N8.2ClH.Ti/c1-2-10-18-17(9-1)25-33-26(18)38-28-21-13-5-6-14-22(21)30(35-28)40-32-24-16-8-7-15-23(24)31(36-32)39-29-20-12-4-3-11-19(20)27(34-29)37-25;;;/h1-16,33,36-40H;2*1H;/q-2;;;+2/p-2. The van der Waals surface area contributed by atoms with Gasteiger partial charge in [0.2, 0.25) is 0 Å². The predicted molar refractivity (Wildman–Crippen MR) is 176 cm³/mol. The van der Waals surface area contributed by atoms with Crippen LogP contribution in [0.4, 0.5) is 46.5 Å². The molecular weight excluding hydrogens is 615 g/mol. The molecule has 0 amide bonds. The number of anilines is 8. The van der Waals surface area contributed by atoms with Crippen LogP contribution in [0.3, 0.4) is 0 Å². The number of nitrogens with one attached hydrogen (secondary N) is 6. The zero-order valence-corrected chi connectivity index (χ0v) is 25.5. The normalized spacial score (nSPS) is 12.2. The van der Waals surface area contributed by atoms with E-state index in [1.807, 2.05) is 48.5 Å². The van der Waals surface area contributed by atoms with Gasteiger partial charge in [0.1, 0.15) is 0 Å². The van der Waals surface area contributed by atoms with Crippen molar-refractivity contribution in [1.82, 2.24) is 19.9 Å². The fourth-order valence-electron chi connectivity index (χ4n) is 5.86. The molecule has 0 saturated carbocycles. The number of aromatic amines is 2. The number of rotatable bonds is 0. The van der Waals surface area contributed by atoms with Gasteiger partial charge in [-0.3, -0.25) is 0 Å². The third-order valence-electron chi connectivity index (χ3n) is 7.73. The second kappa shape index (κ2) is 10.7. The Labute approximate surface area is 262 Å². The van der Waals surface area contributed by atoms with E-state index in [0.717, 1.165) is 89.6 Å². The third-order valence-corrected chi connectivity index (χ3v) is 7.73. The maximum atomic E-state index is 5.04. The van der Waals surface area contributed by atoms with Crippen LogP contribution in [-0.2, 0) is 17.0 Å². The summed E-state index contributed by atoms with van der Waals surface area (Å²) < 4.78 is 0. The van der Waals surface area contributed by atoms with Crippen LogP contribution in [0, 0.1) is 0 Å². The largest absolute Gasteiger partial charge is 0.400 e. The van der Waals surface area contributed by atoms with Gasteiger partial charge in [0.05, 0.1) is 23.3 Å². The number of fused-ring (bicyclic) bond motifs is 20. The number of nitrogens with zero attached hydrogens (tertiary/aromatic N) is 2. The molecule has 9 rings (SSSR count). The van der Waals surface area contributed by atoms with Crippen LogP contribution in [0.1, 0.15) is 0 Å². The summed E-state index contributed by atoms with van der Waals surface area (Å²) in [5, 5.41) is 22.8. The van der Waals surface area contributed by atoms with Crippen molar-refractivity contribution >= 4 is 108 Å². The van der Waals surface area contributed by atoms with Crippen LogP contribution >= 0.6 is 18.6 Å². The molecule has 8 aromatic rings. The summed E-state index contributed by atoms with van der Waals surface area (Å²) in [6, 6.07) is 33.1. The Bertz CT molecular complexity index is 1810. The van der Waals surface area contributed by atoms with Gasteiger partial charge < -0.3 is 41.2 Å². The number of H-pyrrole nitrogens is 2. The number of halogens is 2. The van der Waals surface area contributed by atoms with Crippen molar-refractivity contribution < 1.29 is 17.0 Å². The maximum Gasteiger partial charge on any atom is 0.0585 e. The third kappa shape index (κ3) is 4.42. The molecule has 0 radical (unpaired) electrons. The summed E-state index contributed by atoms with van der Waals surface area (Å²) >= 11 is -0.556. The Hall–Kier alpha value is -4.47. The molecule has 0 fully saturated rings. The van der Waals surface area contributed by atoms with Gasteiger partial charge in [-0.05, 0) is 21.5 Å². The summed E-state index contributed by atoms with van der Waals surface area (Å²) in [6.45, 7) is 0. The summed E-state index contributed by atoms with van der Waals surface area (Å²) in [5.41, 5.74) is 0. The van der Waals surface area contributed by atoms with E-state index in [9.17, 15) is 0 Å². The van der Waals surface area contributed by atoms with Crippen molar-refractivity contribution in [2.75, 3.05) is 21.3 Å². The van der Waals surface area contributed by atoms with Crippen molar-refractivity contribution in [2.45, 2.75) is 0 Å². The molecule has 11 heteroatoms. The molecule has 43 heavy (non-hydrogen) atoms. The molecule has 210 valence electrons. The number of benzene rings is 4. The second-order valence-corrected chi connectivity index (χ2v) is 12.7. The molecule has 1 aliphatic rings. The molecule has 0 spiro atoms. The van der Waals surface area contributed by atoms with Gasteiger partial charge in [0, 0.05) is 44.8 Å². The summed E-state index contributed by atoms with van der Waals surface area (Å²) in [5.74, 6) is 6.55. The zero-order chi connectivity index (χ0) is 28.9. The van der Waals surface area contributed by atoms with Crippen molar-refractivity contribution in [3.63, 3.8) is 0 Å². The van der Waals surface area contributed by atoms with Gasteiger partial charge in [-0.25, -0.2) is 0 Å². The smallest absolute Gasteiger partial charge is 0.0585 e. The van der Waals surface area contributed by atoms with Crippen LogP contribution in [0.2, 0.25) is 0 Å². The molecule has 4 aromatic carbocycles. The molecule has 6 N–H and O–H groups in total. The first-order chi connectivity index (χ1) is 21.2. The van der Waals surface area contributed by atoms with Crippen LogP contribution in [-0.4, -0.2) is 9.97 Å². The molecule has 0 atom stereocenters. The van der Waals surface area contributed by atoms with E-state index in [1.165, 1.54) is 0 Å². The minimum absolute atomic E-state index is 0.556. The first-order valence-electron chi connectivity index (χ1n) is 13.6. The van der Waals surface area contributed by atoms with Crippen LogP contribution < -0.4 is 31.2 Å². The first kappa shape index (κ1) is 26.2. The van der Waals surface area contributed by atoms with Crippen molar-refractivity contribution in [1.29, 1.82) is 0 Å². The SMILES string of the molecule is [Cl][Ti][Cl].c1ccc2c3[n-]c(c2c1)Nc1[nH]c(c2ccccc12)Nc1[n-]c(c2ccccc12)Nc1[nH]c(c2ccccc12)N3. The van der Waals surface area contributed by atoms with Crippen molar-refractivity contribution in [3.8, 4) is 0 Å². The number of aromatic nitrogens is 4. The van der Waals surface area contributed by atoms with Gasteiger partial charge in [0.25, 0.3) is 0 Å². The molecule has 0 saturated heterocycles. The van der Waals surface area contributed by atoms with Crippen molar-refractivity contribution in [2.24, 2.45) is 0 Å². The second-order valence-electron chi connectivity index (χ2n) is 10.1. The topological polar surface area (TPSA) is 108 Å². The van der Waals surface area contributed by atoms with E-state index < -0.39 is 17.0 Å². The minimum atomic E-state index is -0.556. The molecule has 1 aliphatic heterocycles. The van der Waals surface area contributed by atoms with Gasteiger partial charge >= 0.3 is 35.6 Å². The van der Waals surface area contributed by atoms with E-state index in [4.69, 9.17) is 28.6 Å². The summed E-state index contributed by atoms with van der Waals surface area (Å²) in [4.78, 5) is 17.2. The van der Waals surface area contributed by atoms with Crippen molar-refractivity contribution in [3.05, 3.63) is 97.1 Å². The Morgan fingerprint density at radius 2 is 0.581 bits per heavy atom. The van der Waals surface area contributed by atoms with Gasteiger partial charge in [-0.2, -0.15) is 0 Å². The van der Waals surface area contributed by atoms with E-state index in [2.05, 4.69) is 79.8 Å². The Kier molecular flexibility index (Phi) is 6.49. The molecule has 5 heterocycles. The Morgan fingerprint density at radius 3 is 0.814 bits per heavy atom. The fraction of sp³-hybridized carbons (Fsp3) is 0. The molecule has 8 bridgehead atoms. The average molecular weight is 637 g/mol. The quantitative estimate of drug-likeness (QED) is 0.0926. The van der Waals surface area contributed by atoms with Crippen LogP contribution in [0.15, 0.2) is 97.1 Å². The molecule has 0 aliphatic carbocycles. The predicted octanol–water partition coefficient (Wildman–Crippen LogP) is 9.53. The van der Waals surface area contributed by atoms with Crippen LogP contribution in [0.5, 0.6) is 0 Å². The van der Waals surface area contributed by atoms with E-state index in [-0.39, 0.29) is 0 Å². The number of hydrogen-bond donors (Lipinski definition) is 6. The van der Waals surface area contributed by atoms with E-state index >= 15 is 0 Å².